The Morgan fingerprint density at radius 2 is 1.83 bits per heavy atom. The van der Waals surface area contributed by atoms with Gasteiger partial charge in [-0.25, -0.2) is 5.43 Å². The Morgan fingerprint density at radius 1 is 1.03 bits per heavy atom. The maximum absolute atomic E-state index is 12.4. The summed E-state index contributed by atoms with van der Waals surface area (Å²) in [5.41, 5.74) is 8.87. The van der Waals surface area contributed by atoms with Crippen molar-refractivity contribution in [3.63, 3.8) is 0 Å². The van der Waals surface area contributed by atoms with E-state index in [2.05, 4.69) is 10.5 Å². The first-order valence-electron chi connectivity index (χ1n) is 8.86. The Labute approximate surface area is 165 Å². The number of ether oxygens (including phenoxy) is 1. The van der Waals surface area contributed by atoms with E-state index in [9.17, 15) is 9.59 Å². The highest BCUT2D eigenvalue weighted by atomic mass is 16.5. The van der Waals surface area contributed by atoms with Crippen LogP contribution in [-0.4, -0.2) is 24.6 Å². The van der Waals surface area contributed by atoms with Gasteiger partial charge >= 0.3 is 5.91 Å². The topological polar surface area (TPSA) is 107 Å². The fourth-order valence-electron chi connectivity index (χ4n) is 2.93. The second-order valence-electron chi connectivity index (χ2n) is 6.33. The number of nitrogens with zero attached hydrogens (tertiary/aromatic N) is 1. The molecule has 4 aromatic rings. The van der Waals surface area contributed by atoms with E-state index in [0.29, 0.717) is 11.3 Å². The van der Waals surface area contributed by atoms with Gasteiger partial charge in [0.05, 0.1) is 6.21 Å². The van der Waals surface area contributed by atoms with Crippen LogP contribution in [-0.2, 0) is 4.79 Å². The molecule has 0 bridgehead atoms. The number of primary amides is 1. The van der Waals surface area contributed by atoms with Gasteiger partial charge in [0.2, 0.25) is 0 Å². The van der Waals surface area contributed by atoms with Crippen LogP contribution in [0.2, 0.25) is 0 Å². The number of nitrogens with one attached hydrogen (secondary N) is 1. The lowest BCUT2D eigenvalue weighted by Gasteiger charge is -2.03. The molecule has 7 heteroatoms. The Bertz CT molecular complexity index is 1230. The minimum atomic E-state index is -0.545. The molecule has 0 aliphatic carbocycles. The van der Waals surface area contributed by atoms with Gasteiger partial charge in [-0.2, -0.15) is 5.10 Å². The van der Waals surface area contributed by atoms with Gasteiger partial charge in [-0.1, -0.05) is 30.3 Å². The molecule has 2 amide bonds. The Hall–Kier alpha value is -4.13. The zero-order valence-electron chi connectivity index (χ0n) is 15.3. The van der Waals surface area contributed by atoms with Gasteiger partial charge < -0.3 is 14.9 Å². The van der Waals surface area contributed by atoms with Crippen LogP contribution in [0.25, 0.3) is 21.7 Å². The molecule has 3 N–H and O–H groups in total. The van der Waals surface area contributed by atoms with Crippen LogP contribution in [0.15, 0.2) is 76.2 Å². The number of carbonyl (C=O) groups excluding carboxylic acids is 2. The molecule has 0 fully saturated rings. The molecule has 0 spiro atoms. The number of nitrogens with two attached hydrogens (primary N) is 1. The van der Waals surface area contributed by atoms with Gasteiger partial charge in [-0.05, 0) is 52.7 Å². The summed E-state index contributed by atoms with van der Waals surface area (Å²) in [5.74, 6) is -0.289. The van der Waals surface area contributed by atoms with Crippen LogP contribution in [0.5, 0.6) is 5.75 Å². The Balaban J connectivity index is 1.44. The minimum Gasteiger partial charge on any atom is -0.484 e. The maximum Gasteiger partial charge on any atom is 0.307 e. The second kappa shape index (κ2) is 7.85. The van der Waals surface area contributed by atoms with Crippen molar-refractivity contribution in [2.75, 3.05) is 6.61 Å². The van der Waals surface area contributed by atoms with E-state index in [1.807, 2.05) is 36.4 Å². The number of hydrazone groups is 1. The average molecular weight is 387 g/mol. The predicted octanol–water partition coefficient (Wildman–Crippen LogP) is 3.21. The molecule has 3 aromatic carbocycles. The van der Waals surface area contributed by atoms with E-state index in [0.717, 1.165) is 21.7 Å². The maximum atomic E-state index is 12.4. The molecule has 7 nitrogen and oxygen atoms in total. The van der Waals surface area contributed by atoms with Crippen molar-refractivity contribution in [2.45, 2.75) is 0 Å². The average Bonchev–Trinajstić information content (AvgIpc) is 3.18. The second-order valence-corrected chi connectivity index (χ2v) is 6.33. The summed E-state index contributed by atoms with van der Waals surface area (Å²) in [4.78, 5) is 23.1. The summed E-state index contributed by atoms with van der Waals surface area (Å²) in [6.07, 6.45) is 1.49. The zero-order chi connectivity index (χ0) is 20.2. The van der Waals surface area contributed by atoms with Gasteiger partial charge in [0.15, 0.2) is 12.4 Å². The molecule has 0 aliphatic rings. The van der Waals surface area contributed by atoms with Crippen molar-refractivity contribution in [3.05, 3.63) is 78.1 Å². The number of rotatable bonds is 6. The molecule has 29 heavy (non-hydrogen) atoms. The van der Waals surface area contributed by atoms with Crippen molar-refractivity contribution >= 4 is 39.8 Å². The van der Waals surface area contributed by atoms with Crippen LogP contribution in [0.4, 0.5) is 0 Å². The lowest BCUT2D eigenvalue weighted by Crippen LogP contribution is -2.20. The molecule has 0 atom stereocenters. The Kier molecular flexibility index (Phi) is 4.94. The number of carbonyl (C=O) groups is 2. The fourth-order valence-corrected chi connectivity index (χ4v) is 2.93. The molecule has 144 valence electrons. The third kappa shape index (κ3) is 4.08. The molecular formula is C22H17N3O4. The molecular weight excluding hydrogens is 370 g/mol. The van der Waals surface area contributed by atoms with Crippen molar-refractivity contribution in [2.24, 2.45) is 10.8 Å². The van der Waals surface area contributed by atoms with Gasteiger partial charge in [-0.15, -0.1) is 0 Å². The summed E-state index contributed by atoms with van der Waals surface area (Å²) in [6, 6.07) is 20.3. The fraction of sp³-hybridized carbons (Fsp3) is 0.0455. The molecule has 4 rings (SSSR count). The standard InChI is InChI=1S/C22H17N3O4/c23-21(26)13-28-16-8-5-14(6-9-16)12-24-25-22(27)20-11-18-17-4-2-1-3-15(17)7-10-19(18)29-20/h1-12H,13H2,(H2,23,26)(H,25,27). The van der Waals surface area contributed by atoms with Crippen molar-refractivity contribution < 1.29 is 18.7 Å². The molecule has 0 saturated carbocycles. The zero-order valence-corrected chi connectivity index (χ0v) is 15.3. The smallest absolute Gasteiger partial charge is 0.307 e. The van der Waals surface area contributed by atoms with Crippen LogP contribution >= 0.6 is 0 Å². The van der Waals surface area contributed by atoms with E-state index in [-0.39, 0.29) is 12.4 Å². The number of hydrogen-bond donors (Lipinski definition) is 2. The summed E-state index contributed by atoms with van der Waals surface area (Å²) in [7, 11) is 0. The van der Waals surface area contributed by atoms with E-state index in [4.69, 9.17) is 14.9 Å². The molecule has 0 saturated heterocycles. The lowest BCUT2D eigenvalue weighted by molar-refractivity contribution is -0.119. The van der Waals surface area contributed by atoms with Gasteiger partial charge in [0.1, 0.15) is 11.3 Å². The van der Waals surface area contributed by atoms with Crippen LogP contribution in [0, 0.1) is 0 Å². The number of benzene rings is 3. The first-order chi connectivity index (χ1) is 14.1. The van der Waals surface area contributed by atoms with E-state index < -0.39 is 11.8 Å². The summed E-state index contributed by atoms with van der Waals surface area (Å²) >= 11 is 0. The summed E-state index contributed by atoms with van der Waals surface area (Å²) in [6.45, 7) is -0.184. The molecule has 0 radical (unpaired) electrons. The minimum absolute atomic E-state index is 0.184. The SMILES string of the molecule is NC(=O)COc1ccc(C=NNC(=O)c2cc3c(ccc4ccccc43)o2)cc1. The van der Waals surface area contributed by atoms with Crippen LogP contribution in [0.1, 0.15) is 16.1 Å². The van der Waals surface area contributed by atoms with Crippen LogP contribution in [0.3, 0.4) is 0 Å². The molecule has 1 aromatic heterocycles. The summed E-state index contributed by atoms with van der Waals surface area (Å²) in [5, 5.41) is 6.93. The monoisotopic (exact) mass is 387 g/mol. The third-order valence-electron chi connectivity index (χ3n) is 4.29. The number of hydrogen-bond acceptors (Lipinski definition) is 5. The number of amides is 2. The van der Waals surface area contributed by atoms with E-state index in [1.165, 1.54) is 6.21 Å². The van der Waals surface area contributed by atoms with Gasteiger partial charge in [-0.3, -0.25) is 9.59 Å². The van der Waals surface area contributed by atoms with Crippen molar-refractivity contribution in [1.29, 1.82) is 0 Å². The van der Waals surface area contributed by atoms with Crippen molar-refractivity contribution in [3.8, 4) is 5.75 Å². The number of furan rings is 1. The molecule has 0 unspecified atom stereocenters. The van der Waals surface area contributed by atoms with Crippen LogP contribution < -0.4 is 15.9 Å². The highest BCUT2D eigenvalue weighted by Gasteiger charge is 2.13. The molecule has 0 aliphatic heterocycles. The van der Waals surface area contributed by atoms with Crippen molar-refractivity contribution in [1.82, 2.24) is 5.43 Å². The highest BCUT2D eigenvalue weighted by molar-refractivity contribution is 6.08. The Morgan fingerprint density at radius 3 is 2.62 bits per heavy atom. The number of fused-ring (bicyclic) bond motifs is 3. The normalized spacial score (nSPS) is 11.2. The summed E-state index contributed by atoms with van der Waals surface area (Å²) < 4.78 is 10.8. The third-order valence-corrected chi connectivity index (χ3v) is 4.29. The van der Waals surface area contributed by atoms with E-state index >= 15 is 0 Å². The quantitative estimate of drug-likeness (QED) is 0.391. The largest absolute Gasteiger partial charge is 0.484 e. The lowest BCUT2D eigenvalue weighted by atomic mass is 10.1. The first kappa shape index (κ1) is 18.2. The first-order valence-corrected chi connectivity index (χ1v) is 8.86. The van der Waals surface area contributed by atoms with E-state index in [1.54, 1.807) is 30.3 Å². The molecule has 1 heterocycles. The van der Waals surface area contributed by atoms with Gasteiger partial charge in [0, 0.05) is 5.39 Å². The predicted molar refractivity (Wildman–Crippen MR) is 110 cm³/mol. The highest BCUT2D eigenvalue weighted by Crippen LogP contribution is 2.28. The van der Waals surface area contributed by atoms with Gasteiger partial charge in [0.25, 0.3) is 5.91 Å².